The monoisotopic (exact) mass is 138 g/mol. The molecule has 0 rings (SSSR count). The van der Waals surface area contributed by atoms with Crippen LogP contribution in [-0.2, 0) is 0 Å². The first-order valence-corrected chi connectivity index (χ1v) is 2.16. The molecule has 0 radical (unpaired) electrons. The normalized spacial score (nSPS) is 11.1. The van der Waals surface area contributed by atoms with Gasteiger partial charge in [-0.3, -0.25) is 0 Å². The molecule has 0 aromatic carbocycles. The highest BCUT2D eigenvalue weighted by atomic mass is 35.5. The Balaban J connectivity index is 0. The maximum absolute atomic E-state index is 7.97. The van der Waals surface area contributed by atoms with E-state index in [2.05, 4.69) is 5.16 Å². The maximum Gasteiger partial charge on any atom is 0.141 e. The van der Waals surface area contributed by atoms with E-state index in [-0.39, 0.29) is 24.2 Å². The van der Waals surface area contributed by atoms with Crippen molar-refractivity contribution < 1.29 is 5.21 Å². The molecule has 0 saturated carbocycles. The minimum Gasteiger partial charge on any atom is -0.409 e. The van der Waals surface area contributed by atoms with E-state index in [9.17, 15) is 0 Å². The van der Waals surface area contributed by atoms with Crippen molar-refractivity contribution in [2.24, 2.45) is 16.8 Å². The number of hydrogen-bond donors (Lipinski definition) is 2. The summed E-state index contributed by atoms with van der Waals surface area (Å²) >= 11 is 0. The zero-order chi connectivity index (χ0) is 5.86. The minimum atomic E-state index is 0. The van der Waals surface area contributed by atoms with Gasteiger partial charge in [-0.1, -0.05) is 19.0 Å². The highest BCUT2D eigenvalue weighted by Gasteiger charge is 1.95. The second-order valence-corrected chi connectivity index (χ2v) is 1.68. The Hall–Kier alpha value is -0.440. The molecule has 0 aliphatic rings. The summed E-state index contributed by atoms with van der Waals surface area (Å²) in [5.41, 5.74) is 5.12. The fourth-order valence-corrected chi connectivity index (χ4v) is 0.115. The van der Waals surface area contributed by atoms with Gasteiger partial charge in [-0.2, -0.15) is 0 Å². The molecule has 0 aromatic heterocycles. The van der Waals surface area contributed by atoms with Crippen molar-refractivity contribution in [3.05, 3.63) is 0 Å². The summed E-state index contributed by atoms with van der Waals surface area (Å²) in [6, 6.07) is 0. The van der Waals surface area contributed by atoms with Crippen LogP contribution in [-0.4, -0.2) is 11.0 Å². The van der Waals surface area contributed by atoms with Crippen molar-refractivity contribution in [3.8, 4) is 0 Å². The Bertz CT molecular complexity index is 82.1. The summed E-state index contributed by atoms with van der Waals surface area (Å²) in [6.07, 6.45) is 0. The first kappa shape index (κ1) is 10.5. The van der Waals surface area contributed by atoms with E-state index in [0.717, 1.165) is 0 Å². The van der Waals surface area contributed by atoms with Gasteiger partial charge in [-0.25, -0.2) is 0 Å². The lowest BCUT2D eigenvalue weighted by Gasteiger charge is -1.96. The van der Waals surface area contributed by atoms with Crippen LogP contribution in [0.5, 0.6) is 0 Å². The van der Waals surface area contributed by atoms with Gasteiger partial charge in [-0.05, 0) is 0 Å². The van der Waals surface area contributed by atoms with Crippen LogP contribution in [0.25, 0.3) is 0 Å². The largest absolute Gasteiger partial charge is 0.409 e. The van der Waals surface area contributed by atoms with Gasteiger partial charge in [0.1, 0.15) is 5.84 Å². The third-order valence-corrected chi connectivity index (χ3v) is 0.707. The Labute approximate surface area is 55.0 Å². The second kappa shape index (κ2) is 4.71. The first-order chi connectivity index (χ1) is 3.18. The Kier molecular flexibility index (Phi) is 6.20. The molecule has 0 spiro atoms. The molecule has 0 fully saturated rings. The van der Waals surface area contributed by atoms with Gasteiger partial charge in [-0.15, -0.1) is 12.4 Å². The number of halogens is 1. The van der Waals surface area contributed by atoms with Crippen LogP contribution in [0.15, 0.2) is 5.16 Å². The average Bonchev–Trinajstić information content (AvgIpc) is 1.65. The third kappa shape index (κ3) is 3.74. The molecular formula is C4H11ClN2O. The van der Waals surface area contributed by atoms with Crippen LogP contribution in [0.4, 0.5) is 0 Å². The van der Waals surface area contributed by atoms with E-state index in [1.807, 2.05) is 13.8 Å². The van der Waals surface area contributed by atoms with Crippen LogP contribution in [0.1, 0.15) is 13.8 Å². The predicted molar refractivity (Wildman–Crippen MR) is 35.5 cm³/mol. The maximum atomic E-state index is 7.97. The molecule has 0 atom stereocenters. The number of oxime groups is 1. The number of amidine groups is 1. The van der Waals surface area contributed by atoms with Crippen LogP contribution in [0.2, 0.25) is 0 Å². The summed E-state index contributed by atoms with van der Waals surface area (Å²) < 4.78 is 0. The summed E-state index contributed by atoms with van der Waals surface area (Å²) in [4.78, 5) is 0. The van der Waals surface area contributed by atoms with Crippen LogP contribution in [0.3, 0.4) is 0 Å². The summed E-state index contributed by atoms with van der Waals surface area (Å²) in [6.45, 7) is 3.71. The van der Waals surface area contributed by atoms with E-state index >= 15 is 0 Å². The standard InChI is InChI=1S/C4H10N2O.ClH/c1-3(2)4(5)6-7;/h3,7H,1-2H3,(H2,5,6);1H. The Morgan fingerprint density at radius 3 is 2.00 bits per heavy atom. The quantitative estimate of drug-likeness (QED) is 0.244. The van der Waals surface area contributed by atoms with Gasteiger partial charge >= 0.3 is 0 Å². The van der Waals surface area contributed by atoms with Crippen LogP contribution in [0, 0.1) is 5.92 Å². The van der Waals surface area contributed by atoms with Crippen molar-refractivity contribution in [2.75, 3.05) is 0 Å². The average molecular weight is 139 g/mol. The van der Waals surface area contributed by atoms with E-state index in [1.54, 1.807) is 0 Å². The molecule has 3 N–H and O–H groups in total. The van der Waals surface area contributed by atoms with Crippen molar-refractivity contribution in [3.63, 3.8) is 0 Å². The van der Waals surface area contributed by atoms with Gasteiger partial charge in [0, 0.05) is 5.92 Å². The third-order valence-electron chi connectivity index (χ3n) is 0.707. The molecule has 3 nitrogen and oxygen atoms in total. The SMILES string of the molecule is CC(C)/C(N)=N/O.Cl. The zero-order valence-electron chi connectivity index (χ0n) is 4.96. The van der Waals surface area contributed by atoms with Gasteiger partial charge < -0.3 is 10.9 Å². The molecule has 8 heavy (non-hydrogen) atoms. The molecule has 0 unspecified atom stereocenters. The molecule has 0 amide bonds. The fraction of sp³-hybridized carbons (Fsp3) is 0.750. The molecule has 0 aliphatic heterocycles. The van der Waals surface area contributed by atoms with Crippen LogP contribution >= 0.6 is 12.4 Å². The second-order valence-electron chi connectivity index (χ2n) is 1.68. The van der Waals surface area contributed by atoms with E-state index in [1.165, 1.54) is 0 Å². The number of nitrogens with zero attached hydrogens (tertiary/aromatic N) is 1. The van der Waals surface area contributed by atoms with Crippen molar-refractivity contribution in [1.82, 2.24) is 0 Å². The molecular weight excluding hydrogens is 128 g/mol. The lowest BCUT2D eigenvalue weighted by Crippen LogP contribution is -2.18. The molecule has 0 heterocycles. The number of hydrogen-bond acceptors (Lipinski definition) is 2. The van der Waals surface area contributed by atoms with Gasteiger partial charge in [0.2, 0.25) is 0 Å². The number of nitrogens with two attached hydrogens (primary N) is 1. The summed E-state index contributed by atoms with van der Waals surface area (Å²) in [5.74, 6) is 0.421. The highest BCUT2D eigenvalue weighted by molar-refractivity contribution is 5.85. The van der Waals surface area contributed by atoms with Crippen molar-refractivity contribution in [1.29, 1.82) is 0 Å². The lowest BCUT2D eigenvalue weighted by molar-refractivity contribution is 0.315. The highest BCUT2D eigenvalue weighted by Crippen LogP contribution is 1.88. The fourth-order valence-electron chi connectivity index (χ4n) is 0.115. The first-order valence-electron chi connectivity index (χ1n) is 2.16. The van der Waals surface area contributed by atoms with E-state index in [0.29, 0.717) is 0 Å². The molecule has 0 saturated heterocycles. The smallest absolute Gasteiger partial charge is 0.141 e. The van der Waals surface area contributed by atoms with Crippen LogP contribution < -0.4 is 5.73 Å². The molecule has 0 bridgehead atoms. The van der Waals surface area contributed by atoms with E-state index < -0.39 is 0 Å². The molecule has 4 heteroatoms. The Morgan fingerprint density at radius 2 is 2.00 bits per heavy atom. The summed E-state index contributed by atoms with van der Waals surface area (Å²) in [5, 5.41) is 10.8. The Morgan fingerprint density at radius 1 is 1.62 bits per heavy atom. The van der Waals surface area contributed by atoms with Gasteiger partial charge in [0.25, 0.3) is 0 Å². The zero-order valence-corrected chi connectivity index (χ0v) is 5.77. The van der Waals surface area contributed by atoms with Crippen molar-refractivity contribution >= 4 is 18.2 Å². The summed E-state index contributed by atoms with van der Waals surface area (Å²) in [7, 11) is 0. The van der Waals surface area contributed by atoms with Gasteiger partial charge in [0.05, 0.1) is 0 Å². The lowest BCUT2D eigenvalue weighted by atomic mass is 10.2. The predicted octanol–water partition coefficient (Wildman–Crippen LogP) is 0.811. The van der Waals surface area contributed by atoms with Crippen molar-refractivity contribution in [2.45, 2.75) is 13.8 Å². The molecule has 50 valence electrons. The number of rotatable bonds is 1. The van der Waals surface area contributed by atoms with E-state index in [4.69, 9.17) is 10.9 Å². The molecule has 0 aliphatic carbocycles. The topological polar surface area (TPSA) is 58.6 Å². The van der Waals surface area contributed by atoms with Gasteiger partial charge in [0.15, 0.2) is 0 Å². The minimum absolute atomic E-state index is 0. The molecule has 0 aromatic rings.